The Morgan fingerprint density at radius 2 is 1.44 bits per heavy atom. The molecule has 0 rings (SSSR count). The van der Waals surface area contributed by atoms with Crippen molar-refractivity contribution < 1.29 is 19.2 Å². The van der Waals surface area contributed by atoms with Crippen LogP contribution in [0.4, 0.5) is 0 Å². The van der Waals surface area contributed by atoms with Crippen molar-refractivity contribution in [3.8, 4) is 0 Å². The summed E-state index contributed by atoms with van der Waals surface area (Å²) in [6, 6.07) is 0. The van der Waals surface area contributed by atoms with Crippen molar-refractivity contribution in [3.05, 3.63) is 0 Å². The van der Waals surface area contributed by atoms with Crippen LogP contribution in [-0.4, -0.2) is 66.3 Å². The normalized spacial score (nSPS) is 10.2. The highest BCUT2D eigenvalue weighted by atomic mass is 16.2. The van der Waals surface area contributed by atoms with Crippen LogP contribution in [0, 0.1) is 0 Å². The fraction of sp³-hybridized carbons (Fsp3) is 0.667. The monoisotopic (exact) mass is 256 g/mol. The van der Waals surface area contributed by atoms with Gasteiger partial charge in [-0.15, -0.1) is 0 Å². The first-order valence-electron chi connectivity index (χ1n) is 5.77. The maximum Gasteiger partial charge on any atom is 0.219 e. The summed E-state index contributed by atoms with van der Waals surface area (Å²) in [4.78, 5) is 46.8. The lowest BCUT2D eigenvalue weighted by molar-refractivity contribution is -0.131. The molecule has 0 atom stereocenters. The molecule has 0 unspecified atom stereocenters. The molecule has 6 nitrogen and oxygen atoms in total. The van der Waals surface area contributed by atoms with Crippen LogP contribution in [0.2, 0.25) is 0 Å². The van der Waals surface area contributed by atoms with E-state index >= 15 is 0 Å². The molecule has 0 radical (unpaired) electrons. The van der Waals surface area contributed by atoms with Gasteiger partial charge in [-0.3, -0.25) is 19.3 Å². The van der Waals surface area contributed by atoms with Gasteiger partial charge in [0.05, 0.1) is 19.6 Å². The number of carbonyl (C=O) groups excluding carboxylic acids is 4. The van der Waals surface area contributed by atoms with Gasteiger partial charge in [0.25, 0.3) is 0 Å². The Bertz CT molecular complexity index is 312. The Morgan fingerprint density at radius 3 is 1.78 bits per heavy atom. The van der Waals surface area contributed by atoms with Gasteiger partial charge in [-0.05, 0) is 13.8 Å². The van der Waals surface area contributed by atoms with Gasteiger partial charge in [-0.1, -0.05) is 0 Å². The van der Waals surface area contributed by atoms with Crippen LogP contribution in [0.15, 0.2) is 0 Å². The van der Waals surface area contributed by atoms with Crippen molar-refractivity contribution >= 4 is 23.8 Å². The van der Waals surface area contributed by atoms with Gasteiger partial charge in [0.1, 0.15) is 17.9 Å². The molecule has 6 heteroatoms. The van der Waals surface area contributed by atoms with Crippen LogP contribution in [0.3, 0.4) is 0 Å². The lowest BCUT2D eigenvalue weighted by Crippen LogP contribution is -2.41. The lowest BCUT2D eigenvalue weighted by atomic mass is 10.3. The van der Waals surface area contributed by atoms with Crippen molar-refractivity contribution in [1.29, 1.82) is 0 Å². The van der Waals surface area contributed by atoms with E-state index in [1.165, 1.54) is 25.7 Å². The third kappa shape index (κ3) is 7.67. The first-order chi connectivity index (χ1) is 8.36. The van der Waals surface area contributed by atoms with Crippen LogP contribution in [0.5, 0.6) is 0 Å². The third-order valence-electron chi connectivity index (χ3n) is 2.32. The molecule has 1 amide bonds. The molecular weight excluding hydrogens is 236 g/mol. The molecule has 0 aliphatic carbocycles. The number of hydrogen-bond acceptors (Lipinski definition) is 5. The number of Topliss-reactive ketones (excluding diaryl/α,β-unsaturated/α-hetero) is 2. The average Bonchev–Trinajstić information content (AvgIpc) is 2.21. The lowest BCUT2D eigenvalue weighted by Gasteiger charge is -2.24. The molecule has 0 saturated carbocycles. The molecule has 0 heterocycles. The number of aldehydes is 1. The topological polar surface area (TPSA) is 74.8 Å². The summed E-state index contributed by atoms with van der Waals surface area (Å²) >= 11 is 0. The maximum atomic E-state index is 11.2. The summed E-state index contributed by atoms with van der Waals surface area (Å²) in [5.41, 5.74) is 0. The van der Waals surface area contributed by atoms with E-state index < -0.39 is 0 Å². The van der Waals surface area contributed by atoms with Crippen LogP contribution < -0.4 is 0 Å². The predicted octanol–water partition coefficient (Wildman–Crippen LogP) is -0.486. The summed E-state index contributed by atoms with van der Waals surface area (Å²) < 4.78 is 0. The van der Waals surface area contributed by atoms with E-state index in [1.54, 1.807) is 4.90 Å². The minimum Gasteiger partial charge on any atom is -0.335 e. The standard InChI is InChI=1S/C12H20N2O4/c1-10(16)8-13(9-11(2)17)4-5-14(6-7-15)12(3)18/h7H,4-6,8-9H2,1-3H3. The third-order valence-corrected chi connectivity index (χ3v) is 2.32. The fourth-order valence-corrected chi connectivity index (χ4v) is 1.57. The zero-order chi connectivity index (χ0) is 14.1. The molecule has 0 fully saturated rings. The zero-order valence-corrected chi connectivity index (χ0v) is 11.1. The summed E-state index contributed by atoms with van der Waals surface area (Å²) in [6.45, 7) is 5.37. The molecule has 0 aromatic carbocycles. The maximum absolute atomic E-state index is 11.2. The molecule has 0 spiro atoms. The first kappa shape index (κ1) is 16.4. The summed E-state index contributed by atoms with van der Waals surface area (Å²) in [5.74, 6) is -0.283. The summed E-state index contributed by atoms with van der Waals surface area (Å²) in [5, 5.41) is 0. The number of amides is 1. The van der Waals surface area contributed by atoms with E-state index in [2.05, 4.69) is 0 Å². The van der Waals surface area contributed by atoms with Crippen molar-refractivity contribution in [2.45, 2.75) is 20.8 Å². The van der Waals surface area contributed by atoms with E-state index in [1.807, 2.05) is 0 Å². The molecule has 0 N–H and O–H groups in total. The average molecular weight is 256 g/mol. The largest absolute Gasteiger partial charge is 0.335 e. The second-order valence-corrected chi connectivity index (χ2v) is 4.25. The van der Waals surface area contributed by atoms with Crippen LogP contribution >= 0.6 is 0 Å². The Balaban J connectivity index is 4.37. The quantitative estimate of drug-likeness (QED) is 0.521. The minimum atomic E-state index is -0.201. The molecule has 0 bridgehead atoms. The van der Waals surface area contributed by atoms with Gasteiger partial charge >= 0.3 is 0 Å². The highest BCUT2D eigenvalue weighted by Gasteiger charge is 2.13. The Kier molecular flexibility index (Phi) is 7.78. The molecule has 0 aliphatic heterocycles. The first-order valence-corrected chi connectivity index (χ1v) is 5.77. The molecule has 0 aliphatic rings. The van der Waals surface area contributed by atoms with Crippen molar-refractivity contribution in [3.63, 3.8) is 0 Å². The number of rotatable bonds is 9. The fourth-order valence-electron chi connectivity index (χ4n) is 1.57. The van der Waals surface area contributed by atoms with Crippen molar-refractivity contribution in [2.24, 2.45) is 0 Å². The SMILES string of the molecule is CC(=O)CN(CCN(CC=O)C(C)=O)CC(C)=O. The molecule has 0 aromatic heterocycles. The number of hydrogen-bond donors (Lipinski definition) is 0. The Morgan fingerprint density at radius 1 is 0.944 bits per heavy atom. The number of carbonyl (C=O) groups is 4. The van der Waals surface area contributed by atoms with Gasteiger partial charge in [-0.25, -0.2) is 0 Å². The van der Waals surface area contributed by atoms with E-state index in [0.717, 1.165) is 0 Å². The molecule has 0 aromatic rings. The minimum absolute atomic E-state index is 0.0311. The smallest absolute Gasteiger partial charge is 0.219 e. The van der Waals surface area contributed by atoms with Gasteiger partial charge < -0.3 is 9.69 Å². The number of ketones is 2. The molecule has 18 heavy (non-hydrogen) atoms. The van der Waals surface area contributed by atoms with E-state index in [4.69, 9.17) is 0 Å². The van der Waals surface area contributed by atoms with Crippen LogP contribution in [0.25, 0.3) is 0 Å². The van der Waals surface area contributed by atoms with Gasteiger partial charge in [0.2, 0.25) is 5.91 Å². The zero-order valence-electron chi connectivity index (χ0n) is 11.1. The molecule has 102 valence electrons. The Labute approximate surface area is 107 Å². The highest BCUT2D eigenvalue weighted by Crippen LogP contribution is 1.94. The predicted molar refractivity (Wildman–Crippen MR) is 66.1 cm³/mol. The number of nitrogens with zero attached hydrogens (tertiary/aromatic N) is 2. The van der Waals surface area contributed by atoms with Gasteiger partial charge in [-0.2, -0.15) is 0 Å². The van der Waals surface area contributed by atoms with E-state index in [9.17, 15) is 19.2 Å². The summed E-state index contributed by atoms with van der Waals surface area (Å²) in [7, 11) is 0. The molecule has 0 saturated heterocycles. The van der Waals surface area contributed by atoms with Crippen molar-refractivity contribution in [1.82, 2.24) is 9.80 Å². The Hall–Kier alpha value is -1.56. The van der Waals surface area contributed by atoms with Gasteiger partial charge in [0.15, 0.2) is 0 Å². The second kappa shape index (κ2) is 8.52. The molecular formula is C12H20N2O4. The van der Waals surface area contributed by atoms with E-state index in [0.29, 0.717) is 19.4 Å². The van der Waals surface area contributed by atoms with Crippen LogP contribution in [-0.2, 0) is 19.2 Å². The van der Waals surface area contributed by atoms with Crippen molar-refractivity contribution in [2.75, 3.05) is 32.7 Å². The summed E-state index contributed by atoms with van der Waals surface area (Å²) in [6.07, 6.45) is 0.654. The van der Waals surface area contributed by atoms with Crippen LogP contribution in [0.1, 0.15) is 20.8 Å². The second-order valence-electron chi connectivity index (χ2n) is 4.25. The van der Waals surface area contributed by atoms with Gasteiger partial charge in [0, 0.05) is 20.0 Å². The highest BCUT2D eigenvalue weighted by molar-refractivity contribution is 5.80. The van der Waals surface area contributed by atoms with E-state index in [-0.39, 0.29) is 37.1 Å².